The molecule has 1 saturated heterocycles. The number of likely N-dealkylation sites (tertiary alicyclic amines) is 1. The largest absolute Gasteiger partial charge is 0.488 e. The summed E-state index contributed by atoms with van der Waals surface area (Å²) in [5.74, 6) is 1.99. The number of benzene rings is 1. The van der Waals surface area contributed by atoms with Crippen LogP contribution in [0.25, 0.3) is 0 Å². The number of halogens is 1. The Balaban J connectivity index is 1.62. The van der Waals surface area contributed by atoms with Crippen LogP contribution in [0.3, 0.4) is 0 Å². The molecule has 4 rings (SSSR count). The van der Waals surface area contributed by atoms with Crippen LogP contribution in [0.4, 0.5) is 17.5 Å². The van der Waals surface area contributed by atoms with Crippen molar-refractivity contribution in [2.45, 2.75) is 44.6 Å². The highest BCUT2D eigenvalue weighted by molar-refractivity contribution is 6.32. The molecule has 184 valence electrons. The van der Waals surface area contributed by atoms with Crippen molar-refractivity contribution in [3.63, 3.8) is 0 Å². The quantitative estimate of drug-likeness (QED) is 0.365. The van der Waals surface area contributed by atoms with Gasteiger partial charge in [0.15, 0.2) is 5.82 Å². The second-order valence-corrected chi connectivity index (χ2v) is 9.47. The first-order valence-electron chi connectivity index (χ1n) is 11.8. The summed E-state index contributed by atoms with van der Waals surface area (Å²) < 4.78 is 6.29. The van der Waals surface area contributed by atoms with E-state index < -0.39 is 0 Å². The summed E-state index contributed by atoms with van der Waals surface area (Å²) in [6.07, 6.45) is 7.60. The molecule has 0 bridgehead atoms. The third-order valence-electron chi connectivity index (χ3n) is 6.26. The van der Waals surface area contributed by atoms with Crippen molar-refractivity contribution in [1.82, 2.24) is 14.9 Å². The molecule has 1 saturated carbocycles. The van der Waals surface area contributed by atoms with Crippen molar-refractivity contribution in [2.75, 3.05) is 37.8 Å². The van der Waals surface area contributed by atoms with Crippen molar-refractivity contribution in [3.05, 3.63) is 45.9 Å². The molecule has 2 aromatic rings. The summed E-state index contributed by atoms with van der Waals surface area (Å²) in [6, 6.07) is 6.20. The van der Waals surface area contributed by atoms with Gasteiger partial charge < -0.3 is 26.0 Å². The number of nitriles is 1. The number of aryl methyl sites for hydroxylation is 1. The maximum atomic E-state index is 9.16. The average molecular weight is 495 g/mol. The van der Waals surface area contributed by atoms with Crippen LogP contribution in [-0.4, -0.2) is 54.4 Å². The Kier molecular flexibility index (Phi) is 7.73. The van der Waals surface area contributed by atoms with Crippen LogP contribution in [0, 0.1) is 18.3 Å². The van der Waals surface area contributed by atoms with Gasteiger partial charge in [0.05, 0.1) is 23.7 Å². The molecule has 2 fully saturated rings. The summed E-state index contributed by atoms with van der Waals surface area (Å²) in [4.78, 5) is 15.2. The lowest BCUT2D eigenvalue weighted by Crippen LogP contribution is -2.29. The summed E-state index contributed by atoms with van der Waals surface area (Å²) >= 11 is 6.31. The first-order valence-corrected chi connectivity index (χ1v) is 12.1. The summed E-state index contributed by atoms with van der Waals surface area (Å²) in [5.41, 5.74) is 9.42. The molecule has 1 aliphatic carbocycles. The minimum absolute atomic E-state index is 0.0278. The number of nitrogens with two attached hydrogens (primary N) is 1. The number of nitrogens with one attached hydrogen (secondary N) is 2. The fourth-order valence-corrected chi connectivity index (χ4v) is 4.28. The highest BCUT2D eigenvalue weighted by atomic mass is 35.5. The van der Waals surface area contributed by atoms with Gasteiger partial charge in [-0.25, -0.2) is 4.98 Å². The van der Waals surface area contributed by atoms with E-state index in [1.807, 2.05) is 6.07 Å². The van der Waals surface area contributed by atoms with Crippen LogP contribution in [0.5, 0.6) is 5.75 Å². The zero-order chi connectivity index (χ0) is 24.9. The lowest BCUT2D eigenvalue weighted by atomic mass is 9.86. The van der Waals surface area contributed by atoms with E-state index in [1.54, 1.807) is 7.05 Å². The monoisotopic (exact) mass is 494 g/mol. The van der Waals surface area contributed by atoms with Gasteiger partial charge in [-0.2, -0.15) is 10.2 Å². The number of hydrogen-bond donors (Lipinski definition) is 3. The van der Waals surface area contributed by atoms with Crippen molar-refractivity contribution < 1.29 is 4.74 Å². The number of allylic oxidation sites excluding steroid dienone is 2. The van der Waals surface area contributed by atoms with Gasteiger partial charge in [-0.15, -0.1) is 0 Å². The Labute approximate surface area is 211 Å². The average Bonchev–Trinajstić information content (AvgIpc) is 3.66. The van der Waals surface area contributed by atoms with Crippen LogP contribution < -0.4 is 21.1 Å². The van der Waals surface area contributed by atoms with E-state index in [2.05, 4.69) is 56.6 Å². The Morgan fingerprint density at radius 2 is 2.06 bits per heavy atom. The Morgan fingerprint density at radius 1 is 1.31 bits per heavy atom. The third kappa shape index (κ3) is 6.21. The molecule has 1 aliphatic heterocycles. The zero-order valence-corrected chi connectivity index (χ0v) is 21.1. The van der Waals surface area contributed by atoms with Gasteiger partial charge in [0, 0.05) is 13.3 Å². The van der Waals surface area contributed by atoms with E-state index in [0.29, 0.717) is 23.4 Å². The second kappa shape index (κ2) is 10.9. The Bertz CT molecular complexity index is 1180. The van der Waals surface area contributed by atoms with E-state index in [-0.39, 0.29) is 16.8 Å². The van der Waals surface area contributed by atoms with Crippen molar-refractivity contribution >= 4 is 35.3 Å². The molecule has 0 radical (unpaired) electrons. The second-order valence-electron chi connectivity index (χ2n) is 9.07. The SMILES string of the molecule is CN=CC(Nc1nc(Nc2cc(C)c(C3CCN(C)CC3)cc2OC2CC2)ncc1Cl)=C(N)C#N. The first-order chi connectivity index (χ1) is 16.9. The smallest absolute Gasteiger partial charge is 0.229 e. The molecule has 2 heterocycles. The topological polar surface area (TPSA) is 124 Å². The van der Waals surface area contributed by atoms with Crippen LogP contribution in [0.15, 0.2) is 34.7 Å². The van der Waals surface area contributed by atoms with Crippen LogP contribution in [0.1, 0.15) is 42.7 Å². The van der Waals surface area contributed by atoms with Crippen LogP contribution in [-0.2, 0) is 0 Å². The standard InChI is InChI=1S/C25H31ClN8O/c1-15-10-21(23(35-17-4-5-17)11-18(15)16-6-8-34(3)9-7-16)32-25-30-13-19(26)24(33-25)31-22(14-29-2)20(28)12-27/h10-11,13-14,16-17H,4-9,28H2,1-3H3,(H2,30,31,32,33). The van der Waals surface area contributed by atoms with Gasteiger partial charge >= 0.3 is 0 Å². The fourth-order valence-electron chi connectivity index (χ4n) is 4.15. The number of ether oxygens (including phenoxy) is 1. The number of rotatable bonds is 8. The summed E-state index contributed by atoms with van der Waals surface area (Å²) in [5, 5.41) is 15.7. The minimum Gasteiger partial charge on any atom is -0.488 e. The molecule has 0 unspecified atom stereocenters. The number of anilines is 3. The van der Waals surface area contributed by atoms with Crippen molar-refractivity contribution in [3.8, 4) is 11.8 Å². The number of aromatic nitrogens is 2. The first kappa shape index (κ1) is 24.8. The number of piperidine rings is 1. The highest BCUT2D eigenvalue weighted by Gasteiger charge is 2.27. The van der Waals surface area contributed by atoms with E-state index in [0.717, 1.165) is 50.2 Å². The Hall–Kier alpha value is -3.35. The van der Waals surface area contributed by atoms with Crippen molar-refractivity contribution in [2.24, 2.45) is 10.7 Å². The van der Waals surface area contributed by atoms with E-state index >= 15 is 0 Å². The van der Waals surface area contributed by atoms with Crippen LogP contribution >= 0.6 is 11.6 Å². The summed E-state index contributed by atoms with van der Waals surface area (Å²) in [6.45, 7) is 4.35. The predicted molar refractivity (Wildman–Crippen MR) is 139 cm³/mol. The van der Waals surface area contributed by atoms with Crippen molar-refractivity contribution in [1.29, 1.82) is 5.26 Å². The maximum absolute atomic E-state index is 9.16. The molecule has 0 amide bonds. The zero-order valence-electron chi connectivity index (χ0n) is 20.3. The maximum Gasteiger partial charge on any atom is 0.229 e. The molecule has 1 aromatic carbocycles. The minimum atomic E-state index is -0.0278. The predicted octanol–water partition coefficient (Wildman–Crippen LogP) is 4.34. The molecule has 2 aliphatic rings. The third-order valence-corrected chi connectivity index (χ3v) is 6.53. The van der Waals surface area contributed by atoms with E-state index in [4.69, 9.17) is 27.3 Å². The Morgan fingerprint density at radius 3 is 2.71 bits per heavy atom. The van der Waals surface area contributed by atoms with Gasteiger partial charge in [-0.05, 0) is 81.9 Å². The molecule has 35 heavy (non-hydrogen) atoms. The molecule has 4 N–H and O–H groups in total. The molecule has 0 atom stereocenters. The molecule has 10 heteroatoms. The molecule has 1 aromatic heterocycles. The lowest BCUT2D eigenvalue weighted by molar-refractivity contribution is 0.254. The van der Waals surface area contributed by atoms with E-state index in [1.165, 1.54) is 23.5 Å². The van der Waals surface area contributed by atoms with Gasteiger partial charge in [0.25, 0.3) is 0 Å². The van der Waals surface area contributed by atoms with Gasteiger partial charge in [-0.3, -0.25) is 4.99 Å². The van der Waals surface area contributed by atoms with Crippen LogP contribution in [0.2, 0.25) is 5.02 Å². The molecule has 9 nitrogen and oxygen atoms in total. The number of aliphatic imine (C=N–C) groups is 1. The highest BCUT2D eigenvalue weighted by Crippen LogP contribution is 2.40. The lowest BCUT2D eigenvalue weighted by Gasteiger charge is -2.30. The van der Waals surface area contributed by atoms with Gasteiger partial charge in [0.1, 0.15) is 22.5 Å². The summed E-state index contributed by atoms with van der Waals surface area (Å²) in [7, 11) is 3.76. The van der Waals surface area contributed by atoms with Gasteiger partial charge in [-0.1, -0.05) is 11.6 Å². The normalized spacial score (nSPS) is 17.7. The molecular weight excluding hydrogens is 464 g/mol. The van der Waals surface area contributed by atoms with Gasteiger partial charge in [0.2, 0.25) is 5.95 Å². The fraction of sp³-hybridized carbons (Fsp3) is 0.440. The number of hydrogen-bond acceptors (Lipinski definition) is 9. The van der Waals surface area contributed by atoms with E-state index in [9.17, 15) is 0 Å². The molecular formula is C25H31ClN8O. The molecule has 0 spiro atoms. The number of nitrogens with zero attached hydrogens (tertiary/aromatic N) is 5.